The van der Waals surface area contributed by atoms with Crippen LogP contribution >= 0.6 is 0 Å². The van der Waals surface area contributed by atoms with Crippen molar-refractivity contribution in [1.29, 1.82) is 0 Å². The molecule has 6 heteroatoms. The fourth-order valence-electron chi connectivity index (χ4n) is 3.48. The molecule has 1 aliphatic heterocycles. The van der Waals surface area contributed by atoms with E-state index in [-0.39, 0.29) is 17.3 Å². The summed E-state index contributed by atoms with van der Waals surface area (Å²) in [7, 11) is 0. The number of hydrogen-bond acceptors (Lipinski definition) is 4. The Kier molecular flexibility index (Phi) is 5.05. The monoisotopic (exact) mass is 378 g/mol. The number of fused-ring (bicyclic) bond motifs is 1. The fourth-order valence-corrected chi connectivity index (χ4v) is 3.48. The molecule has 28 heavy (non-hydrogen) atoms. The lowest BCUT2D eigenvalue weighted by Gasteiger charge is -2.28. The largest absolute Gasteiger partial charge is 0.310 e. The van der Waals surface area contributed by atoms with Gasteiger partial charge in [-0.1, -0.05) is 19.9 Å². The van der Waals surface area contributed by atoms with Crippen LogP contribution in [0.25, 0.3) is 11.3 Å². The maximum Gasteiger partial charge on any atom is 0.255 e. The summed E-state index contributed by atoms with van der Waals surface area (Å²) in [6.45, 7) is 6.24. The molecule has 1 aromatic carbocycles. The van der Waals surface area contributed by atoms with Crippen LogP contribution in [0.5, 0.6) is 0 Å². The lowest BCUT2D eigenvalue weighted by molar-refractivity contribution is 0.241. The third kappa shape index (κ3) is 3.87. The molecule has 0 radical (unpaired) electrons. The van der Waals surface area contributed by atoms with Gasteiger partial charge in [0.25, 0.3) is 5.56 Å². The Labute approximate surface area is 163 Å². The number of pyridine rings is 1. The third-order valence-electron chi connectivity index (χ3n) is 5.08. The molecule has 0 unspecified atom stereocenters. The maximum atomic E-state index is 13.1. The molecule has 0 bridgehead atoms. The Morgan fingerprint density at radius 1 is 1.18 bits per heavy atom. The number of halogens is 1. The van der Waals surface area contributed by atoms with Crippen LogP contribution in [0.4, 0.5) is 4.39 Å². The van der Waals surface area contributed by atoms with Crippen LogP contribution in [-0.4, -0.2) is 26.4 Å². The van der Waals surface area contributed by atoms with E-state index < -0.39 is 0 Å². The SMILES string of the molecule is CC(C)c1nc2c(c(=O)[nH]1)CN(Cc1ccc(-c3ccc(F)cc3)nc1)CC2. The van der Waals surface area contributed by atoms with Gasteiger partial charge in [0.2, 0.25) is 0 Å². The van der Waals surface area contributed by atoms with Crippen molar-refractivity contribution in [3.8, 4) is 11.3 Å². The van der Waals surface area contributed by atoms with Gasteiger partial charge in [-0.3, -0.25) is 14.7 Å². The van der Waals surface area contributed by atoms with Crippen LogP contribution in [0.3, 0.4) is 0 Å². The quantitative estimate of drug-likeness (QED) is 0.753. The van der Waals surface area contributed by atoms with E-state index in [1.165, 1.54) is 12.1 Å². The molecule has 1 N–H and O–H groups in total. The van der Waals surface area contributed by atoms with E-state index in [1.54, 1.807) is 12.1 Å². The molecule has 4 rings (SSSR count). The molecule has 0 fully saturated rings. The highest BCUT2D eigenvalue weighted by Crippen LogP contribution is 2.20. The molecule has 0 spiro atoms. The van der Waals surface area contributed by atoms with Crippen molar-refractivity contribution in [3.05, 3.63) is 81.4 Å². The molecular weight excluding hydrogens is 355 g/mol. The van der Waals surface area contributed by atoms with Crippen molar-refractivity contribution in [2.45, 2.75) is 39.3 Å². The van der Waals surface area contributed by atoms with Crippen LogP contribution in [0.1, 0.15) is 42.4 Å². The van der Waals surface area contributed by atoms with E-state index in [4.69, 9.17) is 0 Å². The first-order chi connectivity index (χ1) is 13.5. The number of hydrogen-bond donors (Lipinski definition) is 1. The normalized spacial score (nSPS) is 14.3. The number of benzene rings is 1. The highest BCUT2D eigenvalue weighted by atomic mass is 19.1. The van der Waals surface area contributed by atoms with Crippen molar-refractivity contribution < 1.29 is 4.39 Å². The van der Waals surface area contributed by atoms with E-state index in [0.29, 0.717) is 6.54 Å². The Morgan fingerprint density at radius 2 is 1.96 bits per heavy atom. The summed E-state index contributed by atoms with van der Waals surface area (Å²) in [6, 6.07) is 10.3. The molecule has 3 heterocycles. The average Bonchev–Trinajstić information content (AvgIpc) is 2.69. The second-order valence-corrected chi connectivity index (χ2v) is 7.55. The average molecular weight is 378 g/mol. The molecule has 144 valence electrons. The van der Waals surface area contributed by atoms with Gasteiger partial charge in [0.05, 0.1) is 17.0 Å². The van der Waals surface area contributed by atoms with Gasteiger partial charge in [-0.15, -0.1) is 0 Å². The van der Waals surface area contributed by atoms with Crippen molar-refractivity contribution in [3.63, 3.8) is 0 Å². The van der Waals surface area contributed by atoms with Crippen LogP contribution in [0.2, 0.25) is 0 Å². The molecule has 0 saturated carbocycles. The lowest BCUT2D eigenvalue weighted by Crippen LogP contribution is -2.36. The van der Waals surface area contributed by atoms with Gasteiger partial charge in [-0.25, -0.2) is 9.37 Å². The number of aromatic amines is 1. The van der Waals surface area contributed by atoms with E-state index in [2.05, 4.69) is 19.9 Å². The van der Waals surface area contributed by atoms with Gasteiger partial charge >= 0.3 is 0 Å². The minimum atomic E-state index is -0.254. The number of aromatic nitrogens is 3. The summed E-state index contributed by atoms with van der Waals surface area (Å²) in [6.07, 6.45) is 2.62. The minimum Gasteiger partial charge on any atom is -0.310 e. The molecule has 0 saturated heterocycles. The van der Waals surface area contributed by atoms with E-state index in [1.807, 2.05) is 32.2 Å². The molecule has 0 aliphatic carbocycles. The zero-order chi connectivity index (χ0) is 19.7. The number of nitrogens with zero attached hydrogens (tertiary/aromatic N) is 3. The summed E-state index contributed by atoms with van der Waals surface area (Å²) in [5.41, 5.74) is 4.45. The Morgan fingerprint density at radius 3 is 2.64 bits per heavy atom. The van der Waals surface area contributed by atoms with Crippen LogP contribution in [0.15, 0.2) is 47.4 Å². The zero-order valence-corrected chi connectivity index (χ0v) is 16.1. The van der Waals surface area contributed by atoms with E-state index in [0.717, 1.165) is 53.4 Å². The Bertz CT molecular complexity index is 1030. The second-order valence-electron chi connectivity index (χ2n) is 7.55. The Hall–Kier alpha value is -2.86. The van der Waals surface area contributed by atoms with Crippen molar-refractivity contribution in [2.24, 2.45) is 0 Å². The summed E-state index contributed by atoms with van der Waals surface area (Å²) >= 11 is 0. The van der Waals surface area contributed by atoms with Gasteiger partial charge < -0.3 is 4.98 Å². The Balaban J connectivity index is 1.47. The van der Waals surface area contributed by atoms with Crippen LogP contribution in [-0.2, 0) is 19.5 Å². The molecule has 3 aromatic rings. The minimum absolute atomic E-state index is 0.0248. The van der Waals surface area contributed by atoms with Crippen LogP contribution in [0, 0.1) is 5.82 Å². The first-order valence-electron chi connectivity index (χ1n) is 9.55. The van der Waals surface area contributed by atoms with Crippen molar-refractivity contribution >= 4 is 0 Å². The lowest BCUT2D eigenvalue weighted by atomic mass is 10.0. The molecular formula is C22H23FN4O. The highest BCUT2D eigenvalue weighted by molar-refractivity contribution is 5.58. The van der Waals surface area contributed by atoms with Gasteiger partial charge in [-0.05, 0) is 35.9 Å². The number of rotatable bonds is 4. The molecule has 0 amide bonds. The standard InChI is InChI=1S/C22H23FN4O/c1-14(2)21-25-20-9-10-27(13-18(20)22(28)26-21)12-15-3-8-19(24-11-15)16-4-6-17(23)7-5-16/h3-8,11,14H,9-10,12-13H2,1-2H3,(H,25,26,28). The number of nitrogens with one attached hydrogen (secondary N) is 1. The molecule has 0 atom stereocenters. The molecule has 2 aromatic heterocycles. The zero-order valence-electron chi connectivity index (χ0n) is 16.1. The molecule has 5 nitrogen and oxygen atoms in total. The summed E-state index contributed by atoms with van der Waals surface area (Å²) < 4.78 is 13.1. The first kappa shape index (κ1) is 18.5. The van der Waals surface area contributed by atoms with Gasteiger partial charge in [-0.2, -0.15) is 0 Å². The fraction of sp³-hybridized carbons (Fsp3) is 0.318. The summed E-state index contributed by atoms with van der Waals surface area (Å²) in [5, 5.41) is 0. The van der Waals surface area contributed by atoms with Crippen molar-refractivity contribution in [1.82, 2.24) is 19.9 Å². The smallest absolute Gasteiger partial charge is 0.255 e. The van der Waals surface area contributed by atoms with Crippen molar-refractivity contribution in [2.75, 3.05) is 6.54 Å². The first-order valence-corrected chi connectivity index (χ1v) is 9.55. The number of H-pyrrole nitrogens is 1. The van der Waals surface area contributed by atoms with E-state index >= 15 is 0 Å². The van der Waals surface area contributed by atoms with E-state index in [9.17, 15) is 9.18 Å². The van der Waals surface area contributed by atoms with Crippen LogP contribution < -0.4 is 5.56 Å². The topological polar surface area (TPSA) is 61.9 Å². The van der Waals surface area contributed by atoms with Gasteiger partial charge in [0, 0.05) is 43.7 Å². The predicted molar refractivity (Wildman–Crippen MR) is 106 cm³/mol. The predicted octanol–water partition coefficient (Wildman–Crippen LogP) is 3.65. The maximum absolute atomic E-state index is 13.1. The highest BCUT2D eigenvalue weighted by Gasteiger charge is 2.21. The van der Waals surface area contributed by atoms with Gasteiger partial charge in [0.1, 0.15) is 11.6 Å². The summed E-state index contributed by atoms with van der Waals surface area (Å²) in [5.74, 6) is 0.718. The third-order valence-corrected chi connectivity index (χ3v) is 5.08. The van der Waals surface area contributed by atoms with Gasteiger partial charge in [0.15, 0.2) is 0 Å². The summed E-state index contributed by atoms with van der Waals surface area (Å²) in [4.78, 5) is 26.8. The second kappa shape index (κ2) is 7.64. The molecule has 1 aliphatic rings.